The minimum atomic E-state index is -4.41. The molecule has 1 saturated heterocycles. The molecule has 1 aromatic heterocycles. The molecule has 1 fully saturated rings. The van der Waals surface area contributed by atoms with Gasteiger partial charge in [-0.05, 0) is 77.4 Å². The van der Waals surface area contributed by atoms with Gasteiger partial charge in [0, 0.05) is 53.8 Å². The lowest BCUT2D eigenvalue weighted by atomic mass is 10.1. The second kappa shape index (κ2) is 15.1. The molecule has 1 aliphatic rings. The van der Waals surface area contributed by atoms with E-state index in [-0.39, 0.29) is 12.7 Å². The van der Waals surface area contributed by atoms with Crippen molar-refractivity contribution in [2.24, 2.45) is 0 Å². The molecule has 0 aliphatic carbocycles. The normalized spacial score (nSPS) is 15.0. The molecule has 13 heteroatoms. The van der Waals surface area contributed by atoms with Crippen molar-refractivity contribution in [3.63, 3.8) is 0 Å². The van der Waals surface area contributed by atoms with Crippen molar-refractivity contribution in [1.29, 1.82) is 0 Å². The smallest absolute Gasteiger partial charge is 0.416 e. The molecule has 1 aliphatic heterocycles. The molecule has 46 heavy (non-hydrogen) atoms. The van der Waals surface area contributed by atoms with E-state index in [4.69, 9.17) is 19.2 Å². The summed E-state index contributed by atoms with van der Waals surface area (Å²) in [6, 6.07) is 10.8. The van der Waals surface area contributed by atoms with Crippen molar-refractivity contribution < 1.29 is 37.0 Å². The maximum absolute atomic E-state index is 13.2. The Hall–Kier alpha value is -3.29. The predicted molar refractivity (Wildman–Crippen MR) is 173 cm³/mol. The van der Waals surface area contributed by atoms with Crippen LogP contribution in [0.5, 0.6) is 5.75 Å². The van der Waals surface area contributed by atoms with E-state index >= 15 is 0 Å². The Kier molecular flexibility index (Phi) is 11.7. The highest BCUT2D eigenvalue weighted by Crippen LogP contribution is 2.36. The Morgan fingerprint density at radius 1 is 1.04 bits per heavy atom. The summed E-state index contributed by atoms with van der Waals surface area (Å²) in [6.45, 7) is 14.0. The Labute approximate surface area is 276 Å². The monoisotopic (exact) mass is 679 g/mol. The molecular weight excluding hydrogens is 640 g/mol. The number of aryl methyl sites for hydroxylation is 1. The number of halogens is 3. The van der Waals surface area contributed by atoms with E-state index in [1.807, 2.05) is 45.9 Å². The van der Waals surface area contributed by atoms with Crippen molar-refractivity contribution >= 4 is 35.2 Å². The minimum absolute atomic E-state index is 0.281. The molecule has 4 rings (SSSR count). The van der Waals surface area contributed by atoms with Crippen LogP contribution >= 0.6 is 23.1 Å². The van der Waals surface area contributed by atoms with Crippen molar-refractivity contribution in [3.05, 3.63) is 64.2 Å². The van der Waals surface area contributed by atoms with Gasteiger partial charge in [0.05, 0.1) is 17.9 Å². The quantitative estimate of drug-likeness (QED) is 0.159. The molecular formula is C33H40F3N3O5S2. The van der Waals surface area contributed by atoms with Gasteiger partial charge in [-0.3, -0.25) is 4.90 Å². The van der Waals surface area contributed by atoms with Crippen molar-refractivity contribution in [2.75, 3.05) is 32.8 Å². The largest absolute Gasteiger partial charge is 0.479 e. The molecule has 1 atom stereocenters. The highest BCUT2D eigenvalue weighted by Gasteiger charge is 2.30. The third-order valence-corrected chi connectivity index (χ3v) is 9.42. The maximum atomic E-state index is 13.2. The van der Waals surface area contributed by atoms with E-state index in [1.54, 1.807) is 30.5 Å². The number of piperazine rings is 1. The number of rotatable bonds is 10. The Morgan fingerprint density at radius 3 is 2.30 bits per heavy atom. The zero-order chi connectivity index (χ0) is 33.6. The van der Waals surface area contributed by atoms with Gasteiger partial charge >= 0.3 is 18.2 Å². The molecule has 0 saturated carbocycles. The maximum Gasteiger partial charge on any atom is 0.416 e. The number of thiazole rings is 1. The number of nitrogens with zero attached hydrogens (tertiary/aromatic N) is 3. The first-order chi connectivity index (χ1) is 21.6. The molecule has 0 bridgehead atoms. The van der Waals surface area contributed by atoms with E-state index in [9.17, 15) is 22.8 Å². The number of thioether (sulfide) groups is 1. The molecule has 0 spiro atoms. The highest BCUT2D eigenvalue weighted by molar-refractivity contribution is 7.98. The van der Waals surface area contributed by atoms with Gasteiger partial charge in [-0.1, -0.05) is 12.1 Å². The number of carbonyl (C=O) groups excluding carboxylic acids is 2. The van der Waals surface area contributed by atoms with Crippen LogP contribution in [0, 0.1) is 6.92 Å². The fourth-order valence-electron chi connectivity index (χ4n) is 4.66. The SMILES string of the molecule is CCOC(=O)C(C)Oc1ccc(SCc2sc(-c3ccc(C(F)(F)F)cc3)nc2CN2CCN(C(=O)OC(C)(C)C)CC2)cc1C. The lowest BCUT2D eigenvalue weighted by molar-refractivity contribution is -0.150. The van der Waals surface area contributed by atoms with Crippen LogP contribution in [0.2, 0.25) is 0 Å². The molecule has 1 amide bonds. The first-order valence-electron chi connectivity index (χ1n) is 15.1. The molecule has 0 radical (unpaired) electrons. The zero-order valence-corrected chi connectivity index (χ0v) is 28.5. The van der Waals surface area contributed by atoms with E-state index in [1.165, 1.54) is 23.5 Å². The van der Waals surface area contributed by atoms with Crippen molar-refractivity contribution in [2.45, 2.75) is 76.6 Å². The molecule has 250 valence electrons. The predicted octanol–water partition coefficient (Wildman–Crippen LogP) is 7.81. The fraction of sp³-hybridized carbons (Fsp3) is 0.485. The van der Waals surface area contributed by atoms with E-state index in [0.717, 1.165) is 33.2 Å². The number of carbonyl (C=O) groups is 2. The molecule has 1 unspecified atom stereocenters. The van der Waals surface area contributed by atoms with Crippen LogP contribution in [-0.4, -0.2) is 71.3 Å². The van der Waals surface area contributed by atoms with Crippen LogP contribution < -0.4 is 4.74 Å². The average Bonchev–Trinajstić information content (AvgIpc) is 3.39. The lowest BCUT2D eigenvalue weighted by Gasteiger charge is -2.35. The minimum Gasteiger partial charge on any atom is -0.479 e. The number of hydrogen-bond acceptors (Lipinski definition) is 9. The highest BCUT2D eigenvalue weighted by atomic mass is 32.2. The Bertz CT molecular complexity index is 1500. The van der Waals surface area contributed by atoms with Gasteiger partial charge in [-0.15, -0.1) is 23.1 Å². The summed E-state index contributed by atoms with van der Waals surface area (Å²) in [4.78, 5) is 35.3. The number of esters is 1. The third kappa shape index (κ3) is 9.85. The number of ether oxygens (including phenoxy) is 3. The van der Waals surface area contributed by atoms with Crippen molar-refractivity contribution in [1.82, 2.24) is 14.8 Å². The van der Waals surface area contributed by atoms with Gasteiger partial charge in [0.1, 0.15) is 16.4 Å². The van der Waals surface area contributed by atoms with Gasteiger partial charge in [0.15, 0.2) is 6.10 Å². The van der Waals surface area contributed by atoms with Crippen LogP contribution in [0.3, 0.4) is 0 Å². The summed E-state index contributed by atoms with van der Waals surface area (Å²) in [5, 5.41) is 0.652. The first kappa shape index (κ1) is 35.6. The Balaban J connectivity index is 1.49. The number of benzene rings is 2. The second-order valence-electron chi connectivity index (χ2n) is 11.9. The summed E-state index contributed by atoms with van der Waals surface area (Å²) in [6.07, 6.45) is -5.47. The Morgan fingerprint density at radius 2 is 1.72 bits per heavy atom. The summed E-state index contributed by atoms with van der Waals surface area (Å²) < 4.78 is 55.9. The van der Waals surface area contributed by atoms with Gasteiger partial charge in [0.2, 0.25) is 0 Å². The number of alkyl halides is 3. The van der Waals surface area contributed by atoms with Gasteiger partial charge in [0.25, 0.3) is 0 Å². The van der Waals surface area contributed by atoms with Crippen LogP contribution in [0.1, 0.15) is 56.3 Å². The number of amides is 1. The molecule has 3 aromatic rings. The van der Waals surface area contributed by atoms with Gasteiger partial charge < -0.3 is 19.1 Å². The number of hydrogen-bond donors (Lipinski definition) is 0. The number of aromatic nitrogens is 1. The second-order valence-corrected chi connectivity index (χ2v) is 14.1. The van der Waals surface area contributed by atoms with E-state index < -0.39 is 29.4 Å². The summed E-state index contributed by atoms with van der Waals surface area (Å²) in [7, 11) is 0. The first-order valence-corrected chi connectivity index (χ1v) is 16.9. The van der Waals surface area contributed by atoms with E-state index in [2.05, 4.69) is 4.90 Å². The third-order valence-electron chi connectivity index (χ3n) is 7.07. The topological polar surface area (TPSA) is 81.2 Å². The standard InChI is InChI=1S/C33H40F3N3O5S2/c1-7-42-30(40)22(3)43-27-13-12-25(18-21(27)2)45-20-28-26(19-38-14-16-39(17-15-38)31(41)44-32(4,5)6)37-29(46-28)23-8-10-24(11-9-23)33(34,35)36/h8-13,18,22H,7,14-17,19-20H2,1-6H3. The fourth-order valence-corrected chi connectivity index (χ4v) is 6.84. The average molecular weight is 680 g/mol. The van der Waals surface area contributed by atoms with Crippen LogP contribution in [-0.2, 0) is 32.7 Å². The molecule has 2 aromatic carbocycles. The summed E-state index contributed by atoms with van der Waals surface area (Å²) in [5.41, 5.74) is 1.09. The molecule has 2 heterocycles. The van der Waals surface area contributed by atoms with E-state index in [0.29, 0.717) is 54.8 Å². The van der Waals surface area contributed by atoms with Gasteiger partial charge in [-0.2, -0.15) is 13.2 Å². The zero-order valence-electron chi connectivity index (χ0n) is 26.9. The summed E-state index contributed by atoms with van der Waals surface area (Å²) in [5.74, 6) is 0.774. The summed E-state index contributed by atoms with van der Waals surface area (Å²) >= 11 is 3.08. The lowest BCUT2D eigenvalue weighted by Crippen LogP contribution is -2.49. The van der Waals surface area contributed by atoms with Crippen LogP contribution in [0.4, 0.5) is 18.0 Å². The molecule has 8 nitrogen and oxygen atoms in total. The van der Waals surface area contributed by atoms with Gasteiger partial charge in [-0.25, -0.2) is 14.6 Å². The van der Waals surface area contributed by atoms with Crippen LogP contribution in [0.15, 0.2) is 47.4 Å². The van der Waals surface area contributed by atoms with Crippen molar-refractivity contribution in [3.8, 4) is 16.3 Å². The molecule has 0 N–H and O–H groups in total. The van der Waals surface area contributed by atoms with Crippen LogP contribution in [0.25, 0.3) is 10.6 Å².